The Balaban J connectivity index is 1.88. The molecule has 0 aliphatic rings. The molecule has 0 bridgehead atoms. The Bertz CT molecular complexity index is 1050. The molecule has 0 aliphatic heterocycles. The van der Waals surface area contributed by atoms with Crippen molar-refractivity contribution < 1.29 is 14.3 Å². The van der Waals surface area contributed by atoms with Gasteiger partial charge in [-0.05, 0) is 69.3 Å². The van der Waals surface area contributed by atoms with Crippen LogP contribution in [0.2, 0.25) is 0 Å². The summed E-state index contributed by atoms with van der Waals surface area (Å²) in [5, 5.41) is 9.84. The number of ether oxygens (including phenoxy) is 2. The zero-order chi connectivity index (χ0) is 22.2. The summed E-state index contributed by atoms with van der Waals surface area (Å²) in [6.45, 7) is 7.19. The average Bonchev–Trinajstić information content (AvgIpc) is 3.17. The van der Waals surface area contributed by atoms with E-state index in [4.69, 9.17) is 14.7 Å². The van der Waals surface area contributed by atoms with Crippen molar-refractivity contribution in [2.45, 2.75) is 27.2 Å². The molecule has 1 aromatic heterocycles. The minimum Gasteiger partial charge on any atom is -0.494 e. The number of hydrogen-bond donors (Lipinski definition) is 0. The third-order valence-electron chi connectivity index (χ3n) is 4.55. The molecule has 160 valence electrons. The number of aryl methyl sites for hydroxylation is 1. The summed E-state index contributed by atoms with van der Waals surface area (Å²) in [6.07, 6.45) is 0.239. The highest BCUT2D eigenvalue weighted by molar-refractivity contribution is 7.17. The SMILES string of the molecule is CCOc1ccc(-c2nc(C)c(C(=O)N(CCC#N)c3ccc(OCC)cc3)s2)cc1. The number of hydrogen-bond acceptors (Lipinski definition) is 6. The number of nitriles is 1. The normalized spacial score (nSPS) is 10.4. The maximum Gasteiger partial charge on any atom is 0.270 e. The van der Waals surface area contributed by atoms with Gasteiger partial charge in [0.25, 0.3) is 5.91 Å². The van der Waals surface area contributed by atoms with E-state index in [9.17, 15) is 4.79 Å². The number of rotatable bonds is 9. The molecule has 0 radical (unpaired) electrons. The Labute approximate surface area is 186 Å². The van der Waals surface area contributed by atoms with Crippen LogP contribution in [-0.4, -0.2) is 30.6 Å². The van der Waals surface area contributed by atoms with E-state index in [1.54, 1.807) is 4.90 Å². The predicted molar refractivity (Wildman–Crippen MR) is 123 cm³/mol. The van der Waals surface area contributed by atoms with Crippen molar-refractivity contribution in [3.05, 3.63) is 59.1 Å². The van der Waals surface area contributed by atoms with Crippen molar-refractivity contribution in [1.29, 1.82) is 5.26 Å². The number of thiazole rings is 1. The zero-order valence-electron chi connectivity index (χ0n) is 17.9. The molecule has 3 rings (SSSR count). The van der Waals surface area contributed by atoms with Gasteiger partial charge in [0, 0.05) is 17.8 Å². The number of nitrogens with zero attached hydrogens (tertiary/aromatic N) is 3. The van der Waals surface area contributed by atoms with Gasteiger partial charge in [-0.25, -0.2) is 4.98 Å². The predicted octanol–water partition coefficient (Wildman–Crippen LogP) is 5.48. The molecule has 31 heavy (non-hydrogen) atoms. The van der Waals surface area contributed by atoms with E-state index in [-0.39, 0.29) is 12.3 Å². The molecular weight excluding hydrogens is 410 g/mol. The topological polar surface area (TPSA) is 75.5 Å². The lowest BCUT2D eigenvalue weighted by molar-refractivity contribution is 0.0990. The van der Waals surface area contributed by atoms with Crippen LogP contribution in [0.4, 0.5) is 5.69 Å². The second-order valence-corrected chi connectivity index (χ2v) is 7.68. The molecule has 0 fully saturated rings. The average molecular weight is 436 g/mol. The van der Waals surface area contributed by atoms with Gasteiger partial charge in [-0.3, -0.25) is 4.79 Å². The molecule has 6 nitrogen and oxygen atoms in total. The van der Waals surface area contributed by atoms with Gasteiger partial charge < -0.3 is 14.4 Å². The van der Waals surface area contributed by atoms with Crippen molar-refractivity contribution >= 4 is 22.9 Å². The molecule has 7 heteroatoms. The van der Waals surface area contributed by atoms with Crippen molar-refractivity contribution in [2.24, 2.45) is 0 Å². The standard InChI is InChI=1S/C24H25N3O3S/c1-4-29-20-11-7-18(8-12-20)23-26-17(3)22(31-23)24(28)27(16-6-15-25)19-9-13-21(14-10-19)30-5-2/h7-14H,4-6,16H2,1-3H3. The summed E-state index contributed by atoms with van der Waals surface area (Å²) in [4.78, 5) is 20.2. The summed E-state index contributed by atoms with van der Waals surface area (Å²) < 4.78 is 11.0. The fourth-order valence-electron chi connectivity index (χ4n) is 3.10. The van der Waals surface area contributed by atoms with E-state index in [2.05, 4.69) is 11.1 Å². The molecule has 3 aromatic rings. The van der Waals surface area contributed by atoms with E-state index in [0.717, 1.165) is 27.8 Å². The maximum absolute atomic E-state index is 13.4. The second kappa shape index (κ2) is 10.6. The zero-order valence-corrected chi connectivity index (χ0v) is 18.7. The number of carbonyl (C=O) groups excluding carboxylic acids is 1. The number of amides is 1. The molecule has 0 unspecified atom stereocenters. The first kappa shape index (κ1) is 22.3. The highest BCUT2D eigenvalue weighted by Crippen LogP contribution is 2.31. The lowest BCUT2D eigenvalue weighted by atomic mass is 10.2. The van der Waals surface area contributed by atoms with Crippen LogP contribution in [-0.2, 0) is 0 Å². The van der Waals surface area contributed by atoms with E-state index in [1.807, 2.05) is 69.3 Å². The Hall–Kier alpha value is -3.37. The highest BCUT2D eigenvalue weighted by Gasteiger charge is 2.23. The van der Waals surface area contributed by atoms with Crippen LogP contribution in [0.5, 0.6) is 11.5 Å². The van der Waals surface area contributed by atoms with Crippen LogP contribution in [0.3, 0.4) is 0 Å². The molecule has 2 aromatic carbocycles. The number of carbonyl (C=O) groups is 1. The second-order valence-electron chi connectivity index (χ2n) is 6.68. The van der Waals surface area contributed by atoms with Gasteiger partial charge in [-0.15, -0.1) is 11.3 Å². The Kier molecular flexibility index (Phi) is 7.63. The van der Waals surface area contributed by atoms with Crippen molar-refractivity contribution in [3.63, 3.8) is 0 Å². The van der Waals surface area contributed by atoms with E-state index in [1.165, 1.54) is 11.3 Å². The lowest BCUT2D eigenvalue weighted by Gasteiger charge is -2.21. The summed E-state index contributed by atoms with van der Waals surface area (Å²) >= 11 is 1.36. The third kappa shape index (κ3) is 5.41. The van der Waals surface area contributed by atoms with Crippen LogP contribution >= 0.6 is 11.3 Å². The van der Waals surface area contributed by atoms with Crippen LogP contribution in [0.15, 0.2) is 48.5 Å². The van der Waals surface area contributed by atoms with Gasteiger partial charge in [0.05, 0.1) is 31.4 Å². The Morgan fingerprint density at radius 3 is 2.16 bits per heavy atom. The quantitative estimate of drug-likeness (QED) is 0.445. The molecule has 1 heterocycles. The monoisotopic (exact) mass is 435 g/mol. The van der Waals surface area contributed by atoms with E-state index < -0.39 is 0 Å². The van der Waals surface area contributed by atoms with Gasteiger partial charge in [0.15, 0.2) is 0 Å². The van der Waals surface area contributed by atoms with Crippen LogP contribution in [0.1, 0.15) is 35.6 Å². The molecule has 0 spiro atoms. The van der Waals surface area contributed by atoms with Gasteiger partial charge in [0.1, 0.15) is 21.4 Å². The van der Waals surface area contributed by atoms with E-state index in [0.29, 0.717) is 30.3 Å². The van der Waals surface area contributed by atoms with Crippen molar-refractivity contribution in [3.8, 4) is 28.1 Å². The molecule has 0 atom stereocenters. The number of anilines is 1. The van der Waals surface area contributed by atoms with Gasteiger partial charge in [-0.2, -0.15) is 5.26 Å². The van der Waals surface area contributed by atoms with E-state index >= 15 is 0 Å². The third-order valence-corrected chi connectivity index (χ3v) is 5.75. The van der Waals surface area contributed by atoms with Crippen molar-refractivity contribution in [2.75, 3.05) is 24.7 Å². The van der Waals surface area contributed by atoms with Crippen molar-refractivity contribution in [1.82, 2.24) is 4.98 Å². The van der Waals surface area contributed by atoms with Crippen LogP contribution in [0.25, 0.3) is 10.6 Å². The Morgan fingerprint density at radius 2 is 1.61 bits per heavy atom. The molecular formula is C24H25N3O3S. The lowest BCUT2D eigenvalue weighted by Crippen LogP contribution is -2.31. The fourth-order valence-corrected chi connectivity index (χ4v) is 4.12. The first-order chi connectivity index (χ1) is 15.1. The molecule has 0 N–H and O–H groups in total. The van der Waals surface area contributed by atoms with Crippen LogP contribution < -0.4 is 14.4 Å². The van der Waals surface area contributed by atoms with Gasteiger partial charge in [-0.1, -0.05) is 0 Å². The molecule has 1 amide bonds. The van der Waals surface area contributed by atoms with Gasteiger partial charge >= 0.3 is 0 Å². The number of benzene rings is 2. The molecule has 0 saturated heterocycles. The van der Waals surface area contributed by atoms with Crippen LogP contribution in [0, 0.1) is 18.3 Å². The largest absolute Gasteiger partial charge is 0.494 e. The first-order valence-electron chi connectivity index (χ1n) is 10.2. The summed E-state index contributed by atoms with van der Waals surface area (Å²) in [5.74, 6) is 1.38. The molecule has 0 aliphatic carbocycles. The summed E-state index contributed by atoms with van der Waals surface area (Å²) in [7, 11) is 0. The minimum atomic E-state index is -0.161. The molecule has 0 saturated carbocycles. The maximum atomic E-state index is 13.4. The number of aromatic nitrogens is 1. The summed E-state index contributed by atoms with van der Waals surface area (Å²) in [6, 6.07) is 17.1. The smallest absolute Gasteiger partial charge is 0.270 e. The van der Waals surface area contributed by atoms with Gasteiger partial charge in [0.2, 0.25) is 0 Å². The fraction of sp³-hybridized carbons (Fsp3) is 0.292. The summed E-state index contributed by atoms with van der Waals surface area (Å²) in [5.41, 5.74) is 2.33. The minimum absolute atomic E-state index is 0.161. The highest BCUT2D eigenvalue weighted by atomic mass is 32.1. The first-order valence-corrected chi connectivity index (χ1v) is 11.0. The Morgan fingerprint density at radius 1 is 1.03 bits per heavy atom.